The number of hydrogen-bond donors (Lipinski definition) is 1. The van der Waals surface area contributed by atoms with E-state index in [0.29, 0.717) is 0 Å². The largest absolute Gasteiger partial charge is 0.382 e. The first kappa shape index (κ1) is 11.3. The van der Waals surface area contributed by atoms with Crippen molar-refractivity contribution < 1.29 is 5.11 Å². The van der Waals surface area contributed by atoms with Crippen LogP contribution in [0.2, 0.25) is 0 Å². The van der Waals surface area contributed by atoms with E-state index in [0.717, 1.165) is 22.4 Å². The standard InChI is InChI=1S/C13H15NOS/c1-8-4-9(2)12(14-6-8)13(15)11-5-10(3)16-7-11/h4-7,13,15H,1-3H3. The van der Waals surface area contributed by atoms with E-state index in [9.17, 15) is 5.11 Å². The van der Waals surface area contributed by atoms with Crippen molar-refractivity contribution >= 4 is 11.3 Å². The Kier molecular flexibility index (Phi) is 3.08. The highest BCUT2D eigenvalue weighted by Gasteiger charge is 2.15. The summed E-state index contributed by atoms with van der Waals surface area (Å²) >= 11 is 1.65. The van der Waals surface area contributed by atoms with Crippen LogP contribution in [-0.2, 0) is 0 Å². The summed E-state index contributed by atoms with van der Waals surface area (Å²) in [6, 6.07) is 4.06. The zero-order valence-electron chi connectivity index (χ0n) is 9.69. The Hall–Kier alpha value is -1.19. The molecule has 2 nitrogen and oxygen atoms in total. The lowest BCUT2D eigenvalue weighted by Crippen LogP contribution is -2.04. The molecule has 0 aliphatic heterocycles. The second-order valence-electron chi connectivity index (χ2n) is 4.11. The topological polar surface area (TPSA) is 33.1 Å². The number of aliphatic hydroxyl groups excluding tert-OH is 1. The van der Waals surface area contributed by atoms with Crippen LogP contribution in [0.5, 0.6) is 0 Å². The fourth-order valence-electron chi connectivity index (χ4n) is 1.78. The van der Waals surface area contributed by atoms with E-state index < -0.39 is 6.10 Å². The van der Waals surface area contributed by atoms with Gasteiger partial charge in [0.1, 0.15) is 6.10 Å². The van der Waals surface area contributed by atoms with E-state index in [1.807, 2.05) is 38.3 Å². The van der Waals surface area contributed by atoms with Gasteiger partial charge in [-0.1, -0.05) is 6.07 Å². The molecular formula is C13H15NOS. The third-order valence-electron chi connectivity index (χ3n) is 2.58. The van der Waals surface area contributed by atoms with Crippen LogP contribution < -0.4 is 0 Å². The van der Waals surface area contributed by atoms with Gasteiger partial charge < -0.3 is 5.11 Å². The Morgan fingerprint density at radius 1 is 1.25 bits per heavy atom. The molecule has 2 rings (SSSR count). The zero-order valence-corrected chi connectivity index (χ0v) is 10.5. The van der Waals surface area contributed by atoms with Crippen LogP contribution in [0, 0.1) is 20.8 Å². The van der Waals surface area contributed by atoms with Gasteiger partial charge in [-0.3, -0.25) is 4.98 Å². The van der Waals surface area contributed by atoms with Crippen LogP contribution in [0.15, 0.2) is 23.7 Å². The lowest BCUT2D eigenvalue weighted by molar-refractivity contribution is 0.215. The zero-order chi connectivity index (χ0) is 11.7. The molecule has 0 spiro atoms. The fourth-order valence-corrected chi connectivity index (χ4v) is 2.50. The highest BCUT2D eigenvalue weighted by Crippen LogP contribution is 2.26. The molecule has 84 valence electrons. The van der Waals surface area contributed by atoms with Gasteiger partial charge in [-0.15, -0.1) is 11.3 Å². The number of hydrogen-bond acceptors (Lipinski definition) is 3. The monoisotopic (exact) mass is 233 g/mol. The molecule has 16 heavy (non-hydrogen) atoms. The Morgan fingerprint density at radius 2 is 2.00 bits per heavy atom. The van der Waals surface area contributed by atoms with Crippen LogP contribution in [-0.4, -0.2) is 10.1 Å². The fraction of sp³-hybridized carbons (Fsp3) is 0.308. The second kappa shape index (κ2) is 4.36. The summed E-state index contributed by atoms with van der Waals surface area (Å²) < 4.78 is 0. The van der Waals surface area contributed by atoms with Gasteiger partial charge in [-0.25, -0.2) is 0 Å². The molecule has 1 unspecified atom stereocenters. The first-order chi connectivity index (χ1) is 7.58. The molecule has 0 aromatic carbocycles. The van der Waals surface area contributed by atoms with Gasteiger partial charge in [0, 0.05) is 11.1 Å². The number of aryl methyl sites for hydroxylation is 3. The van der Waals surface area contributed by atoms with Gasteiger partial charge in [0.15, 0.2) is 0 Å². The number of rotatable bonds is 2. The van der Waals surface area contributed by atoms with Gasteiger partial charge >= 0.3 is 0 Å². The molecular weight excluding hydrogens is 218 g/mol. The molecule has 3 heteroatoms. The van der Waals surface area contributed by atoms with Gasteiger partial charge in [-0.05, 0) is 48.9 Å². The maximum atomic E-state index is 10.2. The Morgan fingerprint density at radius 3 is 2.56 bits per heavy atom. The number of aromatic nitrogens is 1. The molecule has 0 fully saturated rings. The lowest BCUT2D eigenvalue weighted by Gasteiger charge is -2.11. The van der Waals surface area contributed by atoms with Crippen molar-refractivity contribution in [3.05, 3.63) is 51.0 Å². The van der Waals surface area contributed by atoms with E-state index in [1.165, 1.54) is 4.88 Å². The van der Waals surface area contributed by atoms with Crippen molar-refractivity contribution in [1.29, 1.82) is 0 Å². The third-order valence-corrected chi connectivity index (χ3v) is 3.46. The number of thiophene rings is 1. The van der Waals surface area contributed by atoms with Crippen molar-refractivity contribution in [3.63, 3.8) is 0 Å². The van der Waals surface area contributed by atoms with E-state index in [1.54, 1.807) is 17.5 Å². The Balaban J connectivity index is 2.37. The van der Waals surface area contributed by atoms with Gasteiger partial charge in [0.25, 0.3) is 0 Å². The maximum Gasteiger partial charge on any atom is 0.122 e. The van der Waals surface area contributed by atoms with Crippen molar-refractivity contribution in [1.82, 2.24) is 4.98 Å². The molecule has 1 atom stereocenters. The van der Waals surface area contributed by atoms with Crippen LogP contribution in [0.1, 0.15) is 33.4 Å². The summed E-state index contributed by atoms with van der Waals surface area (Å²) in [5.41, 5.74) is 3.84. The number of nitrogens with zero attached hydrogens (tertiary/aromatic N) is 1. The number of pyridine rings is 1. The molecule has 0 amide bonds. The molecule has 0 aliphatic carbocycles. The van der Waals surface area contributed by atoms with Crippen molar-refractivity contribution in [3.8, 4) is 0 Å². The van der Waals surface area contributed by atoms with E-state index >= 15 is 0 Å². The summed E-state index contributed by atoms with van der Waals surface area (Å²) in [7, 11) is 0. The minimum absolute atomic E-state index is 0.606. The van der Waals surface area contributed by atoms with Gasteiger partial charge in [-0.2, -0.15) is 0 Å². The van der Waals surface area contributed by atoms with Crippen LogP contribution in [0.4, 0.5) is 0 Å². The van der Waals surface area contributed by atoms with E-state index in [2.05, 4.69) is 4.98 Å². The highest BCUT2D eigenvalue weighted by molar-refractivity contribution is 7.10. The molecule has 0 bridgehead atoms. The van der Waals surface area contributed by atoms with Crippen molar-refractivity contribution in [2.75, 3.05) is 0 Å². The average molecular weight is 233 g/mol. The first-order valence-corrected chi connectivity index (χ1v) is 6.12. The van der Waals surface area contributed by atoms with E-state index in [4.69, 9.17) is 0 Å². The van der Waals surface area contributed by atoms with Crippen LogP contribution in [0.3, 0.4) is 0 Å². The lowest BCUT2D eigenvalue weighted by atomic mass is 10.0. The highest BCUT2D eigenvalue weighted by atomic mass is 32.1. The molecule has 2 aromatic heterocycles. The van der Waals surface area contributed by atoms with Crippen molar-refractivity contribution in [2.45, 2.75) is 26.9 Å². The third kappa shape index (κ3) is 2.15. The summed E-state index contributed by atoms with van der Waals surface area (Å²) in [5, 5.41) is 12.2. The molecule has 2 aromatic rings. The van der Waals surface area contributed by atoms with Crippen LogP contribution >= 0.6 is 11.3 Å². The molecule has 2 heterocycles. The smallest absolute Gasteiger partial charge is 0.122 e. The summed E-state index contributed by atoms with van der Waals surface area (Å²) in [6.07, 6.45) is 1.19. The van der Waals surface area contributed by atoms with E-state index in [-0.39, 0.29) is 0 Å². The minimum atomic E-state index is -0.606. The normalized spacial score (nSPS) is 12.8. The quantitative estimate of drug-likeness (QED) is 0.864. The summed E-state index contributed by atoms with van der Waals surface area (Å²) in [5.74, 6) is 0. The SMILES string of the molecule is Cc1cnc(C(O)c2csc(C)c2)c(C)c1. The predicted molar refractivity (Wildman–Crippen MR) is 66.8 cm³/mol. The molecule has 0 aliphatic rings. The molecule has 0 saturated carbocycles. The predicted octanol–water partition coefficient (Wildman–Crippen LogP) is 3.15. The summed E-state index contributed by atoms with van der Waals surface area (Å²) in [6.45, 7) is 6.03. The maximum absolute atomic E-state index is 10.2. The Labute approximate surface area is 99.6 Å². The number of aliphatic hydroxyl groups is 1. The second-order valence-corrected chi connectivity index (χ2v) is 5.22. The molecule has 0 radical (unpaired) electrons. The molecule has 1 N–H and O–H groups in total. The Bertz CT molecular complexity index is 504. The first-order valence-electron chi connectivity index (χ1n) is 5.24. The van der Waals surface area contributed by atoms with Crippen molar-refractivity contribution in [2.24, 2.45) is 0 Å². The summed E-state index contributed by atoms with van der Waals surface area (Å²) in [4.78, 5) is 5.53. The minimum Gasteiger partial charge on any atom is -0.382 e. The average Bonchev–Trinajstić information content (AvgIpc) is 2.64. The van der Waals surface area contributed by atoms with Crippen LogP contribution in [0.25, 0.3) is 0 Å². The van der Waals surface area contributed by atoms with Gasteiger partial charge in [0.05, 0.1) is 5.69 Å². The van der Waals surface area contributed by atoms with Gasteiger partial charge in [0.2, 0.25) is 0 Å². The molecule has 0 saturated heterocycles.